The predicted octanol–water partition coefficient (Wildman–Crippen LogP) is 4.62. The third kappa shape index (κ3) is 4.97. The maximum atomic E-state index is 13.2. The van der Waals surface area contributed by atoms with Crippen molar-refractivity contribution in [3.63, 3.8) is 0 Å². The number of carbonyl (C=O) groups excluding carboxylic acids is 2. The number of anilines is 1. The van der Waals surface area contributed by atoms with Crippen LogP contribution in [-0.2, 0) is 14.3 Å². The van der Waals surface area contributed by atoms with Gasteiger partial charge in [0.15, 0.2) is 10.1 Å². The molecule has 1 aliphatic carbocycles. The van der Waals surface area contributed by atoms with E-state index in [1.807, 2.05) is 24.3 Å². The van der Waals surface area contributed by atoms with Gasteiger partial charge in [0.1, 0.15) is 5.82 Å². The molecule has 4 rings (SSSR count). The topological polar surface area (TPSA) is 122 Å². The molecule has 0 spiro atoms. The molecule has 2 heterocycles. The van der Waals surface area contributed by atoms with Gasteiger partial charge in [-0.15, -0.1) is 10.2 Å². The highest BCUT2D eigenvalue weighted by Crippen LogP contribution is 2.47. The summed E-state index contributed by atoms with van der Waals surface area (Å²) < 4.78 is 5.55. The molecule has 0 fully saturated rings. The molecule has 2 aliphatic rings. The van der Waals surface area contributed by atoms with Crippen LogP contribution in [0.4, 0.5) is 5.13 Å². The third-order valence-corrected chi connectivity index (χ3v) is 8.07. The van der Waals surface area contributed by atoms with E-state index in [9.17, 15) is 14.9 Å². The van der Waals surface area contributed by atoms with Gasteiger partial charge in [0.25, 0.3) is 0 Å². The van der Waals surface area contributed by atoms with E-state index in [0.717, 1.165) is 11.3 Å². The second kappa shape index (κ2) is 10.6. The van der Waals surface area contributed by atoms with Crippen molar-refractivity contribution in [2.45, 2.75) is 56.2 Å². The summed E-state index contributed by atoms with van der Waals surface area (Å²) in [6.07, 6.45) is 1.78. The summed E-state index contributed by atoms with van der Waals surface area (Å²) in [5, 5.41) is 19.1. The number of benzene rings is 1. The number of rotatable bonds is 7. The fourth-order valence-corrected chi connectivity index (χ4v) is 6.06. The standard InChI is InChI=1S/C25H27N5O3S2/c1-4-33-20(32)13-34-25-29-28-24(35-25)30-18-6-5-7-19(31)22(18)21(17(12-26)23(30)27)16-10-8-15(9-11-16)14(2)3/h8-11,14,21H,4-7,13,27H2,1-3H3. The Morgan fingerprint density at radius 1 is 1.31 bits per heavy atom. The lowest BCUT2D eigenvalue weighted by Gasteiger charge is -2.38. The van der Waals surface area contributed by atoms with E-state index in [0.29, 0.717) is 52.4 Å². The highest BCUT2D eigenvalue weighted by atomic mass is 32.2. The molecular weight excluding hydrogens is 482 g/mol. The van der Waals surface area contributed by atoms with Crippen molar-refractivity contribution in [2.75, 3.05) is 17.3 Å². The van der Waals surface area contributed by atoms with E-state index in [1.165, 1.54) is 28.7 Å². The van der Waals surface area contributed by atoms with Gasteiger partial charge in [-0.1, -0.05) is 61.2 Å². The van der Waals surface area contributed by atoms with Crippen molar-refractivity contribution in [1.29, 1.82) is 5.26 Å². The minimum absolute atomic E-state index is 0.0239. The van der Waals surface area contributed by atoms with Crippen LogP contribution in [0.5, 0.6) is 0 Å². The number of thioether (sulfide) groups is 1. The molecule has 1 aromatic carbocycles. The van der Waals surface area contributed by atoms with Crippen LogP contribution >= 0.6 is 23.1 Å². The number of Topliss-reactive ketones (excluding diaryl/α,β-unsaturated/α-hetero) is 1. The maximum Gasteiger partial charge on any atom is 0.316 e. The van der Waals surface area contributed by atoms with E-state index in [2.05, 4.69) is 30.1 Å². The average Bonchev–Trinajstić information content (AvgIpc) is 3.31. The molecule has 0 bridgehead atoms. The summed E-state index contributed by atoms with van der Waals surface area (Å²) in [5.74, 6) is -0.0504. The minimum Gasteiger partial charge on any atom is -0.465 e. The molecule has 0 saturated carbocycles. The maximum absolute atomic E-state index is 13.2. The van der Waals surface area contributed by atoms with Crippen LogP contribution in [0, 0.1) is 11.3 Å². The van der Waals surface area contributed by atoms with Gasteiger partial charge in [0, 0.05) is 17.7 Å². The van der Waals surface area contributed by atoms with Crippen molar-refractivity contribution in [3.05, 3.63) is 58.1 Å². The van der Waals surface area contributed by atoms with Crippen molar-refractivity contribution in [2.24, 2.45) is 5.73 Å². The molecule has 1 aliphatic heterocycles. The van der Waals surface area contributed by atoms with E-state index >= 15 is 0 Å². The lowest BCUT2D eigenvalue weighted by molar-refractivity contribution is -0.139. The molecule has 2 aromatic rings. The third-order valence-electron chi connectivity index (χ3n) is 6.06. The summed E-state index contributed by atoms with van der Waals surface area (Å²) >= 11 is 2.50. The van der Waals surface area contributed by atoms with E-state index in [4.69, 9.17) is 10.5 Å². The number of nitrogens with two attached hydrogens (primary N) is 1. The van der Waals surface area contributed by atoms with Gasteiger partial charge in [-0.3, -0.25) is 14.5 Å². The van der Waals surface area contributed by atoms with Crippen molar-refractivity contribution >= 4 is 40.0 Å². The number of ketones is 1. The molecule has 10 heteroatoms. The van der Waals surface area contributed by atoms with Gasteiger partial charge in [-0.25, -0.2) is 0 Å². The van der Waals surface area contributed by atoms with Crippen molar-refractivity contribution in [3.8, 4) is 6.07 Å². The molecule has 1 unspecified atom stereocenters. The molecule has 8 nitrogen and oxygen atoms in total. The van der Waals surface area contributed by atoms with Crippen LogP contribution in [0.3, 0.4) is 0 Å². The largest absolute Gasteiger partial charge is 0.465 e. The number of allylic oxidation sites excluding steroid dienone is 3. The highest BCUT2D eigenvalue weighted by molar-refractivity contribution is 8.01. The van der Waals surface area contributed by atoms with Crippen molar-refractivity contribution < 1.29 is 14.3 Å². The minimum atomic E-state index is -0.508. The first-order valence-corrected chi connectivity index (χ1v) is 13.3. The average molecular weight is 510 g/mol. The van der Waals surface area contributed by atoms with Crippen LogP contribution < -0.4 is 10.6 Å². The summed E-state index contributed by atoms with van der Waals surface area (Å²) in [6.45, 7) is 6.32. The molecule has 35 heavy (non-hydrogen) atoms. The van der Waals surface area contributed by atoms with Gasteiger partial charge in [-0.05, 0) is 36.8 Å². The number of aromatic nitrogens is 2. The molecule has 182 valence electrons. The molecule has 0 saturated heterocycles. The zero-order valence-electron chi connectivity index (χ0n) is 19.9. The normalized spacial score (nSPS) is 18.1. The number of esters is 1. The zero-order chi connectivity index (χ0) is 25.1. The molecule has 1 aromatic heterocycles. The Morgan fingerprint density at radius 3 is 2.71 bits per heavy atom. The number of ether oxygens (including phenoxy) is 1. The van der Waals surface area contributed by atoms with Gasteiger partial charge >= 0.3 is 5.97 Å². The summed E-state index contributed by atoms with van der Waals surface area (Å²) in [4.78, 5) is 26.6. The first-order chi connectivity index (χ1) is 16.8. The second-order valence-electron chi connectivity index (χ2n) is 8.58. The zero-order valence-corrected chi connectivity index (χ0v) is 21.5. The molecule has 0 amide bonds. The number of carbonyl (C=O) groups is 2. The molecule has 2 N–H and O–H groups in total. The van der Waals surface area contributed by atoms with Crippen molar-refractivity contribution in [1.82, 2.24) is 10.2 Å². The Labute approximate surface area is 212 Å². The SMILES string of the molecule is CCOC(=O)CSc1nnc(N2C(N)=C(C#N)C(c3ccc(C(C)C)cc3)C3=C2CCCC3=O)s1. The van der Waals surface area contributed by atoms with Gasteiger partial charge in [0.2, 0.25) is 5.13 Å². The smallest absolute Gasteiger partial charge is 0.316 e. The fourth-order valence-electron chi connectivity index (χ4n) is 4.39. The van der Waals surface area contributed by atoms with E-state index < -0.39 is 5.92 Å². The quantitative estimate of drug-likeness (QED) is 0.421. The van der Waals surface area contributed by atoms with Gasteiger partial charge < -0.3 is 10.5 Å². The summed E-state index contributed by atoms with van der Waals surface area (Å²) in [5.41, 5.74) is 10.4. The highest BCUT2D eigenvalue weighted by Gasteiger charge is 2.41. The van der Waals surface area contributed by atoms with Gasteiger partial charge in [-0.2, -0.15) is 5.26 Å². The van der Waals surface area contributed by atoms with Crippen LogP contribution in [0.1, 0.15) is 63.0 Å². The summed E-state index contributed by atoms with van der Waals surface area (Å²) in [6, 6.07) is 10.3. The van der Waals surface area contributed by atoms with Crippen LogP contribution in [0.15, 0.2) is 51.3 Å². The predicted molar refractivity (Wildman–Crippen MR) is 136 cm³/mol. The lowest BCUT2D eigenvalue weighted by Crippen LogP contribution is -2.38. The van der Waals surface area contributed by atoms with Crippen LogP contribution in [-0.4, -0.2) is 34.3 Å². The Hall–Kier alpha value is -3.16. The second-order valence-corrected chi connectivity index (χ2v) is 10.8. The van der Waals surface area contributed by atoms with Crippen LogP contribution in [0.25, 0.3) is 0 Å². The Balaban J connectivity index is 1.74. The first-order valence-electron chi connectivity index (χ1n) is 11.5. The summed E-state index contributed by atoms with van der Waals surface area (Å²) in [7, 11) is 0. The number of nitrogens with zero attached hydrogens (tertiary/aromatic N) is 4. The Bertz CT molecular complexity index is 1240. The number of hydrogen-bond donors (Lipinski definition) is 1. The Morgan fingerprint density at radius 2 is 2.06 bits per heavy atom. The molecular formula is C25H27N5O3S2. The van der Waals surface area contributed by atoms with Crippen LogP contribution in [0.2, 0.25) is 0 Å². The van der Waals surface area contributed by atoms with Gasteiger partial charge in [0.05, 0.1) is 29.9 Å². The monoisotopic (exact) mass is 509 g/mol. The number of nitriles is 1. The lowest BCUT2D eigenvalue weighted by atomic mass is 9.75. The fraction of sp³-hybridized carbons (Fsp3) is 0.400. The Kier molecular flexibility index (Phi) is 7.57. The number of hydrogen-bond acceptors (Lipinski definition) is 10. The van der Waals surface area contributed by atoms with E-state index in [1.54, 1.807) is 11.8 Å². The molecule has 0 radical (unpaired) electrons. The van der Waals surface area contributed by atoms with E-state index in [-0.39, 0.29) is 23.3 Å². The first kappa shape index (κ1) is 24.9. The molecule has 1 atom stereocenters.